The first-order valence-electron chi connectivity index (χ1n) is 8.29. The van der Waals surface area contributed by atoms with Gasteiger partial charge in [-0.15, -0.1) is 0 Å². The second kappa shape index (κ2) is 6.55. The molecular weight excluding hydrogens is 408 g/mol. The van der Waals surface area contributed by atoms with Crippen LogP contribution < -0.4 is 5.32 Å². The lowest BCUT2D eigenvalue weighted by atomic mass is 9.94. The van der Waals surface area contributed by atoms with Gasteiger partial charge in [-0.25, -0.2) is 4.79 Å². The summed E-state index contributed by atoms with van der Waals surface area (Å²) < 4.78 is 0.969. The van der Waals surface area contributed by atoms with Gasteiger partial charge in [-0.3, -0.25) is 4.79 Å². The molecule has 134 valence electrons. The van der Waals surface area contributed by atoms with Gasteiger partial charge in [-0.05, 0) is 48.4 Å². The van der Waals surface area contributed by atoms with Crippen LogP contribution in [0.1, 0.15) is 27.3 Å². The normalized spacial score (nSPS) is 14.3. The summed E-state index contributed by atoms with van der Waals surface area (Å²) in [6, 6.07) is 15.1. The molecule has 4 rings (SSSR count). The van der Waals surface area contributed by atoms with Crippen LogP contribution in [0.4, 0.5) is 5.69 Å². The van der Waals surface area contributed by atoms with E-state index in [1.54, 1.807) is 19.1 Å². The number of anilines is 1. The van der Waals surface area contributed by atoms with E-state index in [9.17, 15) is 14.7 Å². The summed E-state index contributed by atoms with van der Waals surface area (Å²) >= 11 is 3.43. The van der Waals surface area contributed by atoms with Gasteiger partial charge in [0.05, 0.1) is 16.8 Å². The Balaban J connectivity index is 1.91. The number of hydrogen-bond donors (Lipinski definition) is 3. The molecule has 0 aliphatic carbocycles. The number of amides is 1. The first kappa shape index (κ1) is 17.3. The summed E-state index contributed by atoms with van der Waals surface area (Å²) in [5, 5.41) is 12.3. The van der Waals surface area contributed by atoms with Crippen molar-refractivity contribution >= 4 is 45.1 Å². The van der Waals surface area contributed by atoms with Gasteiger partial charge >= 0.3 is 5.97 Å². The van der Waals surface area contributed by atoms with E-state index in [4.69, 9.17) is 0 Å². The number of aryl methyl sites for hydroxylation is 1. The van der Waals surface area contributed by atoms with Crippen molar-refractivity contribution in [1.29, 1.82) is 0 Å². The Hall–Kier alpha value is -3.12. The number of benzene rings is 2. The Kier molecular flexibility index (Phi) is 4.20. The van der Waals surface area contributed by atoms with Crippen LogP contribution >= 0.6 is 15.9 Å². The molecule has 2 aromatic carbocycles. The monoisotopic (exact) mass is 422 g/mol. The summed E-state index contributed by atoms with van der Waals surface area (Å²) in [6.45, 7) is 1.78. The number of carbonyl (C=O) groups is 2. The molecule has 0 atom stereocenters. The number of rotatable bonds is 3. The van der Waals surface area contributed by atoms with E-state index in [2.05, 4.69) is 26.2 Å². The third kappa shape index (κ3) is 3.08. The zero-order valence-corrected chi connectivity index (χ0v) is 15.9. The molecule has 3 aromatic rings. The molecule has 1 aliphatic rings. The fourth-order valence-electron chi connectivity index (χ4n) is 3.30. The van der Waals surface area contributed by atoms with Crippen molar-refractivity contribution in [2.75, 3.05) is 5.32 Å². The fraction of sp³-hybridized carbons (Fsp3) is 0.0476. The minimum Gasteiger partial charge on any atom is -0.478 e. The van der Waals surface area contributed by atoms with Gasteiger partial charge in [0.15, 0.2) is 0 Å². The van der Waals surface area contributed by atoms with Gasteiger partial charge in [-0.2, -0.15) is 0 Å². The maximum atomic E-state index is 12.6. The first-order chi connectivity index (χ1) is 12.9. The van der Waals surface area contributed by atoms with Crippen molar-refractivity contribution < 1.29 is 14.7 Å². The minimum absolute atomic E-state index is 0.141. The molecule has 1 aliphatic heterocycles. The third-order valence-corrected chi connectivity index (χ3v) is 5.01. The van der Waals surface area contributed by atoms with Gasteiger partial charge in [0.25, 0.3) is 5.91 Å². The Labute approximate surface area is 163 Å². The van der Waals surface area contributed by atoms with Crippen molar-refractivity contribution in [3.8, 4) is 11.1 Å². The lowest BCUT2D eigenvalue weighted by Crippen LogP contribution is -2.04. The number of hydrogen-bond acceptors (Lipinski definition) is 2. The van der Waals surface area contributed by atoms with Crippen LogP contribution in [0, 0.1) is 6.92 Å². The molecule has 0 saturated heterocycles. The second-order valence-corrected chi connectivity index (χ2v) is 7.25. The summed E-state index contributed by atoms with van der Waals surface area (Å²) in [5.41, 5.74) is 5.07. The number of H-pyrrole nitrogens is 1. The number of carboxylic acid groups (broad SMARTS) is 1. The van der Waals surface area contributed by atoms with E-state index in [1.807, 2.05) is 42.5 Å². The number of aromatic carboxylic acids is 1. The molecule has 6 heteroatoms. The maximum absolute atomic E-state index is 12.6. The van der Waals surface area contributed by atoms with Gasteiger partial charge in [0, 0.05) is 21.4 Å². The number of carbonyl (C=O) groups excluding carboxylic acids is 1. The number of carboxylic acids is 1. The smallest absolute Gasteiger partial charge is 0.337 e. The molecule has 0 spiro atoms. The van der Waals surface area contributed by atoms with Crippen molar-refractivity contribution in [2.24, 2.45) is 0 Å². The minimum atomic E-state index is -1.04. The van der Waals surface area contributed by atoms with Gasteiger partial charge < -0.3 is 15.4 Å². The first-order valence-corrected chi connectivity index (χ1v) is 9.08. The van der Waals surface area contributed by atoms with E-state index in [0.717, 1.165) is 26.9 Å². The lowest BCUT2D eigenvalue weighted by Gasteiger charge is -2.09. The molecule has 2 heterocycles. The zero-order chi connectivity index (χ0) is 19.1. The Morgan fingerprint density at radius 1 is 1.15 bits per heavy atom. The van der Waals surface area contributed by atoms with Gasteiger partial charge in [0.1, 0.15) is 0 Å². The molecule has 0 radical (unpaired) electrons. The van der Waals surface area contributed by atoms with E-state index < -0.39 is 5.97 Å². The number of halogens is 1. The average Bonchev–Trinajstić information content (AvgIpc) is 3.16. The van der Waals surface area contributed by atoms with E-state index in [-0.39, 0.29) is 11.5 Å². The Bertz CT molecular complexity index is 1110. The predicted octanol–water partition coefficient (Wildman–Crippen LogP) is 4.94. The fourth-order valence-corrected chi connectivity index (χ4v) is 3.57. The van der Waals surface area contributed by atoms with Gasteiger partial charge in [0.2, 0.25) is 0 Å². The molecule has 0 fully saturated rings. The van der Waals surface area contributed by atoms with E-state index >= 15 is 0 Å². The molecule has 0 unspecified atom stereocenters. The zero-order valence-electron chi connectivity index (χ0n) is 14.3. The highest BCUT2D eigenvalue weighted by atomic mass is 79.9. The molecule has 3 N–H and O–H groups in total. The quantitative estimate of drug-likeness (QED) is 0.522. The van der Waals surface area contributed by atoms with E-state index in [0.29, 0.717) is 17.0 Å². The van der Waals surface area contributed by atoms with Gasteiger partial charge in [-0.1, -0.05) is 40.2 Å². The molecule has 27 heavy (non-hydrogen) atoms. The van der Waals surface area contributed by atoms with Crippen molar-refractivity contribution in [1.82, 2.24) is 4.98 Å². The van der Waals surface area contributed by atoms with Crippen molar-refractivity contribution in [3.05, 3.63) is 75.5 Å². The summed E-state index contributed by atoms with van der Waals surface area (Å²) in [5.74, 6) is -1.29. The topological polar surface area (TPSA) is 82.2 Å². The SMILES string of the molecule is Cc1cc(C(=O)O)c(/C=C2\C(=O)Nc3cccc(-c4ccc(Br)cc4)c32)[nH]1. The summed E-state index contributed by atoms with van der Waals surface area (Å²) in [4.78, 5) is 27.1. The van der Waals surface area contributed by atoms with Crippen molar-refractivity contribution in [2.45, 2.75) is 6.92 Å². The van der Waals surface area contributed by atoms with E-state index in [1.165, 1.54) is 0 Å². The number of nitrogens with one attached hydrogen (secondary N) is 2. The molecule has 1 aromatic heterocycles. The molecule has 1 amide bonds. The Morgan fingerprint density at radius 3 is 2.59 bits per heavy atom. The lowest BCUT2D eigenvalue weighted by molar-refractivity contribution is -0.110. The summed E-state index contributed by atoms with van der Waals surface area (Å²) in [7, 11) is 0. The number of fused-ring (bicyclic) bond motifs is 1. The van der Waals surface area contributed by atoms with Crippen LogP contribution in [0.5, 0.6) is 0 Å². The number of aromatic nitrogens is 1. The van der Waals surface area contributed by atoms with Crippen LogP contribution in [0.15, 0.2) is 53.0 Å². The van der Waals surface area contributed by atoms with Crippen LogP contribution in [0.2, 0.25) is 0 Å². The maximum Gasteiger partial charge on any atom is 0.337 e. The third-order valence-electron chi connectivity index (χ3n) is 4.48. The number of aromatic amines is 1. The molecule has 5 nitrogen and oxygen atoms in total. The highest BCUT2D eigenvalue weighted by Gasteiger charge is 2.28. The second-order valence-electron chi connectivity index (χ2n) is 6.33. The molecular formula is C21H15BrN2O3. The van der Waals surface area contributed by atoms with Crippen LogP contribution in [0.3, 0.4) is 0 Å². The molecule has 0 saturated carbocycles. The van der Waals surface area contributed by atoms with Crippen molar-refractivity contribution in [3.63, 3.8) is 0 Å². The largest absolute Gasteiger partial charge is 0.478 e. The molecule has 0 bridgehead atoms. The predicted molar refractivity (Wildman–Crippen MR) is 109 cm³/mol. The highest BCUT2D eigenvalue weighted by molar-refractivity contribution is 9.10. The van der Waals surface area contributed by atoms with Crippen LogP contribution in [-0.4, -0.2) is 22.0 Å². The Morgan fingerprint density at radius 2 is 1.89 bits per heavy atom. The average molecular weight is 423 g/mol. The summed E-state index contributed by atoms with van der Waals surface area (Å²) in [6.07, 6.45) is 1.61. The highest BCUT2D eigenvalue weighted by Crippen LogP contribution is 2.40. The van der Waals surface area contributed by atoms with Crippen LogP contribution in [0.25, 0.3) is 22.8 Å². The van der Waals surface area contributed by atoms with Crippen LogP contribution in [-0.2, 0) is 4.79 Å². The standard InChI is InChI=1S/C21H15BrN2O3/c1-11-9-15(21(26)27)18(23-11)10-16-19-14(12-5-7-13(22)8-6-12)3-2-4-17(19)24-20(16)25/h2-10,23H,1H3,(H,24,25)(H,26,27)/b16-10-.